The van der Waals surface area contributed by atoms with Gasteiger partial charge in [-0.05, 0) is 74.6 Å². The number of aliphatic hydroxyl groups excluding tert-OH is 1. The second-order valence-electron chi connectivity index (χ2n) is 10.0. The summed E-state index contributed by atoms with van der Waals surface area (Å²) in [6.45, 7) is 3.40. The lowest BCUT2D eigenvalue weighted by Crippen LogP contribution is -2.45. The molecule has 0 aliphatic heterocycles. The normalized spacial score (nSPS) is 28.4. The van der Waals surface area contributed by atoms with Crippen LogP contribution in [-0.2, 0) is 23.7 Å². The lowest BCUT2D eigenvalue weighted by atomic mass is 9.74. The number of carbonyl (C=O) groups is 1. The summed E-state index contributed by atoms with van der Waals surface area (Å²) in [7, 11) is 0. The van der Waals surface area contributed by atoms with Gasteiger partial charge in [0.2, 0.25) is 5.91 Å². The fourth-order valence-electron chi connectivity index (χ4n) is 5.27. The van der Waals surface area contributed by atoms with Crippen molar-refractivity contribution >= 4 is 5.91 Å². The first-order valence-corrected chi connectivity index (χ1v) is 11.7. The van der Waals surface area contributed by atoms with Crippen molar-refractivity contribution < 1.29 is 36.2 Å². The molecule has 3 N–H and O–H groups in total. The highest BCUT2D eigenvalue weighted by atomic mass is 19.4. The molecule has 1 aromatic carbocycles. The van der Waals surface area contributed by atoms with Crippen molar-refractivity contribution in [3.63, 3.8) is 0 Å². The number of carbonyl (C=O) groups excluding carboxylic acids is 1. The number of hydrogen-bond acceptors (Lipinski definition) is 3. The van der Waals surface area contributed by atoms with E-state index in [-0.39, 0.29) is 41.6 Å². The Bertz CT molecular complexity index is 830. The smallest absolute Gasteiger partial charge is 0.393 e. The summed E-state index contributed by atoms with van der Waals surface area (Å²) in [5.74, 6) is -0.406. The van der Waals surface area contributed by atoms with Crippen LogP contribution >= 0.6 is 0 Å². The Labute approximate surface area is 195 Å². The number of hydrogen-bond donors (Lipinski definition) is 3. The molecule has 192 valence electrons. The standard InChI is InChI=1S/C24H32F6N2O2/c1-14(2)22(8-7-19(12-22)32-18-3-5-20(33)6-4-18)21(34)31-13-15-9-16(23(25,26)27)11-17(10-15)24(28,29)30/h9-11,14,18-20,32-33H,3-8,12-13H2,1-2H3,(H,31,34). The number of aliphatic hydroxyl groups is 1. The summed E-state index contributed by atoms with van der Waals surface area (Å²) < 4.78 is 78.8. The number of amides is 1. The maximum atomic E-state index is 13.2. The maximum absolute atomic E-state index is 13.2. The zero-order valence-corrected chi connectivity index (χ0v) is 19.3. The lowest BCUT2D eigenvalue weighted by molar-refractivity contribution is -0.143. The van der Waals surface area contributed by atoms with Crippen LogP contribution in [0.2, 0.25) is 0 Å². The van der Waals surface area contributed by atoms with E-state index in [0.717, 1.165) is 32.1 Å². The first-order chi connectivity index (χ1) is 15.7. The van der Waals surface area contributed by atoms with Gasteiger partial charge in [0.25, 0.3) is 0 Å². The van der Waals surface area contributed by atoms with Gasteiger partial charge in [-0.3, -0.25) is 4.79 Å². The minimum Gasteiger partial charge on any atom is -0.393 e. The molecule has 4 nitrogen and oxygen atoms in total. The monoisotopic (exact) mass is 494 g/mol. The van der Waals surface area contributed by atoms with Crippen molar-refractivity contribution in [3.8, 4) is 0 Å². The van der Waals surface area contributed by atoms with Gasteiger partial charge in [-0.1, -0.05) is 13.8 Å². The summed E-state index contributed by atoms with van der Waals surface area (Å²) >= 11 is 0. The van der Waals surface area contributed by atoms with Gasteiger partial charge in [-0.2, -0.15) is 26.3 Å². The van der Waals surface area contributed by atoms with Gasteiger partial charge in [-0.15, -0.1) is 0 Å². The van der Waals surface area contributed by atoms with Gasteiger partial charge < -0.3 is 15.7 Å². The summed E-state index contributed by atoms with van der Waals surface area (Å²) in [5.41, 5.74) is -3.79. The van der Waals surface area contributed by atoms with Crippen molar-refractivity contribution in [1.82, 2.24) is 10.6 Å². The molecule has 2 atom stereocenters. The van der Waals surface area contributed by atoms with Gasteiger partial charge in [0.05, 0.1) is 22.6 Å². The minimum absolute atomic E-state index is 0.0558. The molecule has 2 unspecified atom stereocenters. The van der Waals surface area contributed by atoms with Crippen LogP contribution in [0.3, 0.4) is 0 Å². The van der Waals surface area contributed by atoms with Crippen LogP contribution in [0.1, 0.15) is 75.5 Å². The Morgan fingerprint density at radius 1 is 0.971 bits per heavy atom. The van der Waals surface area contributed by atoms with Gasteiger partial charge in [-0.25, -0.2) is 0 Å². The van der Waals surface area contributed by atoms with Crippen LogP contribution in [0.25, 0.3) is 0 Å². The third-order valence-electron chi connectivity index (χ3n) is 7.38. The molecule has 3 rings (SSSR count). The molecule has 1 aromatic rings. The third-order valence-corrected chi connectivity index (χ3v) is 7.38. The largest absolute Gasteiger partial charge is 0.416 e. The van der Waals surface area contributed by atoms with E-state index in [1.807, 2.05) is 13.8 Å². The highest BCUT2D eigenvalue weighted by molar-refractivity contribution is 5.83. The minimum atomic E-state index is -4.93. The number of halogens is 6. The summed E-state index contributed by atoms with van der Waals surface area (Å²) in [6, 6.07) is 1.74. The van der Waals surface area contributed by atoms with Crippen LogP contribution in [-0.4, -0.2) is 29.2 Å². The number of rotatable bonds is 6. The summed E-state index contributed by atoms with van der Waals surface area (Å²) in [5, 5.41) is 15.9. The Hall–Kier alpha value is -1.81. The van der Waals surface area contributed by atoms with E-state index in [0.29, 0.717) is 25.0 Å². The average molecular weight is 495 g/mol. The average Bonchev–Trinajstić information content (AvgIpc) is 3.17. The van der Waals surface area contributed by atoms with E-state index < -0.39 is 35.4 Å². The van der Waals surface area contributed by atoms with Crippen molar-refractivity contribution in [2.24, 2.45) is 11.3 Å². The van der Waals surface area contributed by atoms with Gasteiger partial charge in [0.15, 0.2) is 0 Å². The van der Waals surface area contributed by atoms with E-state index in [1.54, 1.807) is 0 Å². The Morgan fingerprint density at radius 3 is 2.03 bits per heavy atom. The van der Waals surface area contributed by atoms with Crippen molar-refractivity contribution in [2.75, 3.05) is 0 Å². The summed E-state index contributed by atoms with van der Waals surface area (Å²) in [6.07, 6.45) is -5.06. The first kappa shape index (κ1) is 26.8. The zero-order chi connectivity index (χ0) is 25.3. The fraction of sp³-hybridized carbons (Fsp3) is 0.708. The van der Waals surface area contributed by atoms with Crippen LogP contribution in [0.4, 0.5) is 26.3 Å². The molecule has 0 radical (unpaired) electrons. The van der Waals surface area contributed by atoms with E-state index in [1.165, 1.54) is 0 Å². The topological polar surface area (TPSA) is 61.4 Å². The predicted molar refractivity (Wildman–Crippen MR) is 115 cm³/mol. The molecule has 0 bridgehead atoms. The van der Waals surface area contributed by atoms with E-state index in [2.05, 4.69) is 10.6 Å². The number of alkyl halides is 6. The van der Waals surface area contributed by atoms with Crippen molar-refractivity contribution in [3.05, 3.63) is 34.9 Å². The highest BCUT2D eigenvalue weighted by Crippen LogP contribution is 2.45. The quantitative estimate of drug-likeness (QED) is 0.463. The van der Waals surface area contributed by atoms with E-state index >= 15 is 0 Å². The number of nitrogens with one attached hydrogen (secondary N) is 2. The molecular weight excluding hydrogens is 462 g/mol. The van der Waals surface area contributed by atoms with Crippen LogP contribution in [0.5, 0.6) is 0 Å². The van der Waals surface area contributed by atoms with Gasteiger partial charge in [0.1, 0.15) is 0 Å². The molecule has 2 aliphatic rings. The molecule has 34 heavy (non-hydrogen) atoms. The lowest BCUT2D eigenvalue weighted by Gasteiger charge is -2.34. The van der Waals surface area contributed by atoms with E-state index in [4.69, 9.17) is 0 Å². The molecule has 10 heteroatoms. The first-order valence-electron chi connectivity index (χ1n) is 11.7. The molecule has 2 fully saturated rings. The zero-order valence-electron chi connectivity index (χ0n) is 19.3. The highest BCUT2D eigenvalue weighted by Gasteiger charge is 2.47. The second-order valence-corrected chi connectivity index (χ2v) is 10.0. The molecule has 2 aliphatic carbocycles. The third kappa shape index (κ3) is 6.24. The molecule has 2 saturated carbocycles. The molecular formula is C24H32F6N2O2. The molecule has 0 aromatic heterocycles. The van der Waals surface area contributed by atoms with Crippen LogP contribution in [0.15, 0.2) is 18.2 Å². The predicted octanol–water partition coefficient (Wildman–Crippen LogP) is 5.43. The Kier molecular flexibility index (Phi) is 7.92. The second kappa shape index (κ2) is 10.0. The van der Waals surface area contributed by atoms with Crippen LogP contribution < -0.4 is 10.6 Å². The Morgan fingerprint density at radius 2 is 1.53 bits per heavy atom. The molecule has 0 spiro atoms. The number of benzene rings is 1. The SMILES string of the molecule is CC(C)C1(C(=O)NCc2cc(C(F)(F)F)cc(C(F)(F)F)c2)CCC(NC2CCC(O)CC2)C1. The fourth-order valence-corrected chi connectivity index (χ4v) is 5.27. The van der Waals surface area contributed by atoms with Crippen LogP contribution in [0, 0.1) is 11.3 Å². The maximum Gasteiger partial charge on any atom is 0.416 e. The van der Waals surface area contributed by atoms with E-state index in [9.17, 15) is 36.2 Å². The van der Waals surface area contributed by atoms with Gasteiger partial charge >= 0.3 is 12.4 Å². The molecule has 0 heterocycles. The van der Waals surface area contributed by atoms with Crippen molar-refractivity contribution in [1.29, 1.82) is 0 Å². The summed E-state index contributed by atoms with van der Waals surface area (Å²) in [4.78, 5) is 13.2. The Balaban J connectivity index is 1.70. The molecule has 0 saturated heterocycles. The molecule has 1 amide bonds. The van der Waals surface area contributed by atoms with Gasteiger partial charge in [0, 0.05) is 18.6 Å². The van der Waals surface area contributed by atoms with Crippen molar-refractivity contribution in [2.45, 2.75) is 95.9 Å².